The van der Waals surface area contributed by atoms with E-state index in [1.54, 1.807) is 36.2 Å². The molecule has 0 heterocycles. The Balaban J connectivity index is 0.00000312. The van der Waals surface area contributed by atoms with Crippen molar-refractivity contribution in [3.8, 4) is 0 Å². The van der Waals surface area contributed by atoms with Crippen LogP contribution < -0.4 is 5.73 Å². The summed E-state index contributed by atoms with van der Waals surface area (Å²) in [5.74, 6) is -0.309. The third-order valence-electron chi connectivity index (χ3n) is 3.97. The van der Waals surface area contributed by atoms with Gasteiger partial charge in [-0.05, 0) is 48.7 Å². The molecule has 25 heavy (non-hydrogen) atoms. The quantitative estimate of drug-likeness (QED) is 0.792. The van der Waals surface area contributed by atoms with Gasteiger partial charge in [0.2, 0.25) is 5.91 Å². The molecule has 0 aliphatic carbocycles. The molecule has 0 spiro atoms. The van der Waals surface area contributed by atoms with E-state index in [-0.39, 0.29) is 36.2 Å². The van der Waals surface area contributed by atoms with E-state index in [4.69, 9.17) is 17.3 Å². The maximum atomic E-state index is 13.3. The van der Waals surface area contributed by atoms with Crippen molar-refractivity contribution in [2.45, 2.75) is 31.8 Å². The number of carbonyl (C=O) groups excluding carboxylic acids is 1. The van der Waals surface area contributed by atoms with Gasteiger partial charge in [-0.3, -0.25) is 4.79 Å². The van der Waals surface area contributed by atoms with Gasteiger partial charge >= 0.3 is 0 Å². The molecule has 3 nitrogen and oxygen atoms in total. The van der Waals surface area contributed by atoms with E-state index in [0.717, 1.165) is 11.1 Å². The number of nitrogens with two attached hydrogens (primary N) is 1. The van der Waals surface area contributed by atoms with Crippen molar-refractivity contribution in [2.24, 2.45) is 5.73 Å². The third-order valence-corrected chi connectivity index (χ3v) is 4.22. The van der Waals surface area contributed by atoms with E-state index in [1.807, 2.05) is 19.1 Å². The van der Waals surface area contributed by atoms with Crippen molar-refractivity contribution >= 4 is 29.9 Å². The summed E-state index contributed by atoms with van der Waals surface area (Å²) >= 11 is 5.97. The summed E-state index contributed by atoms with van der Waals surface area (Å²) in [4.78, 5) is 14.2. The Morgan fingerprint density at radius 1 is 1.12 bits per heavy atom. The minimum Gasteiger partial charge on any atom is -0.335 e. The Hall–Kier alpha value is -1.62. The second kappa shape index (κ2) is 9.76. The van der Waals surface area contributed by atoms with Crippen molar-refractivity contribution in [3.63, 3.8) is 0 Å². The van der Waals surface area contributed by atoms with Crippen LogP contribution in [0, 0.1) is 5.82 Å². The first kappa shape index (κ1) is 21.4. The van der Waals surface area contributed by atoms with Crippen LogP contribution in [0.15, 0.2) is 48.5 Å². The van der Waals surface area contributed by atoms with E-state index in [0.29, 0.717) is 17.9 Å². The zero-order valence-electron chi connectivity index (χ0n) is 14.3. The molecule has 0 bridgehead atoms. The van der Waals surface area contributed by atoms with E-state index in [9.17, 15) is 9.18 Å². The lowest BCUT2D eigenvalue weighted by Gasteiger charge is -2.29. The molecule has 2 unspecified atom stereocenters. The summed E-state index contributed by atoms with van der Waals surface area (Å²) in [7, 11) is 1.76. The molecule has 2 atom stereocenters. The van der Waals surface area contributed by atoms with Crippen LogP contribution in [0.1, 0.15) is 36.9 Å². The number of amides is 1. The Labute approximate surface area is 159 Å². The average Bonchev–Trinajstić information content (AvgIpc) is 2.56. The van der Waals surface area contributed by atoms with Gasteiger partial charge in [-0.15, -0.1) is 12.4 Å². The molecule has 6 heteroatoms. The Kier molecular flexibility index (Phi) is 8.36. The van der Waals surface area contributed by atoms with Gasteiger partial charge in [0.05, 0.1) is 6.04 Å². The number of benzene rings is 2. The van der Waals surface area contributed by atoms with Crippen LogP contribution in [0.4, 0.5) is 4.39 Å². The van der Waals surface area contributed by atoms with Crippen molar-refractivity contribution in [3.05, 3.63) is 70.5 Å². The molecule has 2 aromatic carbocycles. The SMILES string of the molecule is CC(N)CCC(=O)N(C)C(c1ccc(F)cc1)c1ccc(Cl)cc1.Cl. The maximum absolute atomic E-state index is 13.3. The third kappa shape index (κ3) is 5.99. The Morgan fingerprint density at radius 2 is 1.60 bits per heavy atom. The standard InChI is InChI=1S/C19H22ClFN2O.ClH/c1-13(22)3-12-18(24)23(2)19(14-4-8-16(20)9-5-14)15-6-10-17(21)11-7-15;/h4-11,13,19H,3,12,22H2,1-2H3;1H. The monoisotopic (exact) mass is 384 g/mol. The first-order valence-electron chi connectivity index (χ1n) is 7.90. The summed E-state index contributed by atoms with van der Waals surface area (Å²) in [6.45, 7) is 1.88. The number of hydrogen-bond acceptors (Lipinski definition) is 2. The molecule has 1 amide bonds. The van der Waals surface area contributed by atoms with E-state index < -0.39 is 0 Å². The van der Waals surface area contributed by atoms with Gasteiger partial charge in [0.15, 0.2) is 0 Å². The highest BCUT2D eigenvalue weighted by Gasteiger charge is 2.23. The van der Waals surface area contributed by atoms with Crippen LogP contribution in [0.2, 0.25) is 5.02 Å². The molecule has 0 radical (unpaired) electrons. The number of rotatable bonds is 6. The molecule has 0 fully saturated rings. The second-order valence-electron chi connectivity index (χ2n) is 6.03. The smallest absolute Gasteiger partial charge is 0.223 e. The number of nitrogens with zero attached hydrogens (tertiary/aromatic N) is 1. The minimum absolute atomic E-state index is 0. The lowest BCUT2D eigenvalue weighted by atomic mass is 9.97. The van der Waals surface area contributed by atoms with E-state index in [2.05, 4.69) is 0 Å². The Morgan fingerprint density at radius 3 is 2.08 bits per heavy atom. The lowest BCUT2D eigenvalue weighted by Crippen LogP contribution is -2.33. The molecule has 0 aromatic heterocycles. The van der Waals surface area contributed by atoms with E-state index in [1.165, 1.54) is 12.1 Å². The molecule has 136 valence electrons. The molecule has 0 saturated heterocycles. The summed E-state index contributed by atoms with van der Waals surface area (Å²) in [6.07, 6.45) is 0.999. The van der Waals surface area contributed by atoms with Crippen LogP contribution >= 0.6 is 24.0 Å². The molecule has 2 aromatic rings. The van der Waals surface area contributed by atoms with Crippen molar-refractivity contribution < 1.29 is 9.18 Å². The number of halogens is 3. The van der Waals surface area contributed by atoms with Crippen molar-refractivity contribution in [2.75, 3.05) is 7.05 Å². The number of carbonyl (C=O) groups is 1. The molecule has 0 aliphatic heterocycles. The summed E-state index contributed by atoms with van der Waals surface area (Å²) in [5, 5.41) is 0.627. The highest BCUT2D eigenvalue weighted by Crippen LogP contribution is 2.29. The largest absolute Gasteiger partial charge is 0.335 e. The van der Waals surface area contributed by atoms with Crippen molar-refractivity contribution in [1.82, 2.24) is 4.90 Å². The highest BCUT2D eigenvalue weighted by atomic mass is 35.5. The molecule has 0 saturated carbocycles. The molecular formula is C19H23Cl2FN2O. The first-order chi connectivity index (χ1) is 11.4. The van der Waals surface area contributed by atoms with Crippen molar-refractivity contribution in [1.29, 1.82) is 0 Å². The predicted octanol–water partition coefficient (Wildman–Crippen LogP) is 4.58. The van der Waals surface area contributed by atoms with Gasteiger partial charge in [0, 0.05) is 24.5 Å². The summed E-state index contributed by atoms with van der Waals surface area (Å²) in [5.41, 5.74) is 7.51. The topological polar surface area (TPSA) is 46.3 Å². The first-order valence-corrected chi connectivity index (χ1v) is 8.28. The highest BCUT2D eigenvalue weighted by molar-refractivity contribution is 6.30. The van der Waals surface area contributed by atoms with Gasteiger partial charge in [-0.25, -0.2) is 4.39 Å². The molecule has 0 aliphatic rings. The van der Waals surface area contributed by atoms with Crippen LogP contribution in [-0.4, -0.2) is 23.9 Å². The summed E-state index contributed by atoms with van der Waals surface area (Å²) in [6, 6.07) is 13.2. The van der Waals surface area contributed by atoms with Gasteiger partial charge in [-0.2, -0.15) is 0 Å². The zero-order valence-corrected chi connectivity index (χ0v) is 15.9. The van der Waals surface area contributed by atoms with Crippen LogP contribution in [0.5, 0.6) is 0 Å². The normalized spacial score (nSPS) is 12.8. The number of hydrogen-bond donors (Lipinski definition) is 1. The fraction of sp³-hybridized carbons (Fsp3) is 0.316. The van der Waals surface area contributed by atoms with Crippen LogP contribution in [-0.2, 0) is 4.79 Å². The van der Waals surface area contributed by atoms with Gasteiger partial charge in [0.25, 0.3) is 0 Å². The summed E-state index contributed by atoms with van der Waals surface area (Å²) < 4.78 is 13.3. The average molecular weight is 385 g/mol. The van der Waals surface area contributed by atoms with Gasteiger partial charge in [0.1, 0.15) is 5.82 Å². The van der Waals surface area contributed by atoms with Gasteiger partial charge in [-0.1, -0.05) is 35.9 Å². The molecule has 2 N–H and O–H groups in total. The van der Waals surface area contributed by atoms with Gasteiger partial charge < -0.3 is 10.6 Å². The fourth-order valence-corrected chi connectivity index (χ4v) is 2.73. The van der Waals surface area contributed by atoms with E-state index >= 15 is 0 Å². The zero-order chi connectivity index (χ0) is 17.7. The lowest BCUT2D eigenvalue weighted by molar-refractivity contribution is -0.131. The minimum atomic E-state index is -0.306. The second-order valence-corrected chi connectivity index (χ2v) is 6.46. The molecule has 2 rings (SSSR count). The predicted molar refractivity (Wildman–Crippen MR) is 103 cm³/mol. The molecular weight excluding hydrogens is 362 g/mol. The fourth-order valence-electron chi connectivity index (χ4n) is 2.60. The Bertz CT molecular complexity index is 629. The van der Waals surface area contributed by atoms with Crippen LogP contribution in [0.25, 0.3) is 0 Å². The van der Waals surface area contributed by atoms with Crippen LogP contribution in [0.3, 0.4) is 0 Å². The maximum Gasteiger partial charge on any atom is 0.223 e.